The van der Waals surface area contributed by atoms with Crippen LogP contribution < -0.4 is 5.32 Å². The summed E-state index contributed by atoms with van der Waals surface area (Å²) in [5, 5.41) is 7.79. The van der Waals surface area contributed by atoms with E-state index in [4.69, 9.17) is 0 Å². The summed E-state index contributed by atoms with van der Waals surface area (Å²) >= 11 is 0. The number of likely N-dealkylation sites (N-methyl/N-ethyl adjacent to an activating group) is 1. The van der Waals surface area contributed by atoms with Gasteiger partial charge in [-0.15, -0.1) is 0 Å². The Balaban J connectivity index is 2.35. The molecule has 1 aromatic heterocycles. The second-order valence-electron chi connectivity index (χ2n) is 5.26. The molecule has 2 aromatic rings. The number of benzene rings is 1. The molecule has 0 saturated carbocycles. The minimum atomic E-state index is -0.551. The largest absolute Gasteiger partial charge is 0.310 e. The Labute approximate surface area is 124 Å². The molecule has 3 nitrogen and oxygen atoms in total. The van der Waals surface area contributed by atoms with Crippen molar-refractivity contribution >= 4 is 0 Å². The van der Waals surface area contributed by atoms with Crippen molar-refractivity contribution in [2.75, 3.05) is 6.54 Å². The first kappa shape index (κ1) is 15.6. The van der Waals surface area contributed by atoms with Crippen molar-refractivity contribution in [2.45, 2.75) is 33.2 Å². The molecule has 0 fully saturated rings. The van der Waals surface area contributed by atoms with Crippen LogP contribution in [0.5, 0.6) is 0 Å². The number of halogens is 2. The van der Waals surface area contributed by atoms with Crippen molar-refractivity contribution < 1.29 is 8.78 Å². The fourth-order valence-electron chi connectivity index (χ4n) is 2.72. The molecule has 114 valence electrons. The Bertz CT molecular complexity index is 635. The lowest BCUT2D eigenvalue weighted by atomic mass is 9.97. The third-order valence-corrected chi connectivity index (χ3v) is 3.80. The number of nitrogens with zero attached hydrogens (tertiary/aromatic N) is 2. The average molecular weight is 293 g/mol. The zero-order valence-electron chi connectivity index (χ0n) is 12.9. The molecule has 5 heteroatoms. The normalized spacial score (nSPS) is 12.7. The molecule has 0 bridgehead atoms. The van der Waals surface area contributed by atoms with Crippen molar-refractivity contribution in [2.24, 2.45) is 7.05 Å². The lowest BCUT2D eigenvalue weighted by molar-refractivity contribution is 0.517. The van der Waals surface area contributed by atoms with E-state index in [2.05, 4.69) is 10.4 Å². The third kappa shape index (κ3) is 3.29. The number of aromatic nitrogens is 2. The van der Waals surface area contributed by atoms with Gasteiger partial charge >= 0.3 is 0 Å². The van der Waals surface area contributed by atoms with E-state index >= 15 is 0 Å². The molecule has 1 unspecified atom stereocenters. The van der Waals surface area contributed by atoms with Gasteiger partial charge in [-0.3, -0.25) is 4.68 Å². The minimum absolute atomic E-state index is 0.0383. The van der Waals surface area contributed by atoms with E-state index in [9.17, 15) is 8.78 Å². The number of hydrogen-bond donors (Lipinski definition) is 1. The van der Waals surface area contributed by atoms with Crippen LogP contribution in [-0.4, -0.2) is 16.3 Å². The van der Waals surface area contributed by atoms with E-state index in [1.807, 2.05) is 32.5 Å². The fraction of sp³-hybridized carbons (Fsp3) is 0.438. The summed E-state index contributed by atoms with van der Waals surface area (Å²) in [6.07, 6.45) is 0.466. The molecular weight excluding hydrogens is 272 g/mol. The smallest absolute Gasteiger partial charge is 0.129 e. The van der Waals surface area contributed by atoms with Crippen LogP contribution in [0, 0.1) is 25.5 Å². The topological polar surface area (TPSA) is 29.9 Å². The van der Waals surface area contributed by atoms with Gasteiger partial charge in [-0.05, 0) is 38.4 Å². The predicted molar refractivity (Wildman–Crippen MR) is 79.2 cm³/mol. The monoisotopic (exact) mass is 293 g/mol. The van der Waals surface area contributed by atoms with Crippen molar-refractivity contribution in [3.8, 4) is 0 Å². The zero-order chi connectivity index (χ0) is 15.6. The molecule has 0 spiro atoms. The maximum absolute atomic E-state index is 13.9. The van der Waals surface area contributed by atoms with Crippen LogP contribution in [-0.2, 0) is 13.5 Å². The second-order valence-corrected chi connectivity index (χ2v) is 5.26. The molecule has 0 aliphatic carbocycles. The molecule has 0 saturated heterocycles. The summed E-state index contributed by atoms with van der Waals surface area (Å²) in [5.41, 5.74) is 3.58. The van der Waals surface area contributed by atoms with Crippen LogP contribution >= 0.6 is 0 Å². The first-order valence-corrected chi connectivity index (χ1v) is 7.11. The van der Waals surface area contributed by atoms with E-state index in [1.54, 1.807) is 0 Å². The Morgan fingerprint density at radius 2 is 2.00 bits per heavy atom. The van der Waals surface area contributed by atoms with Crippen LogP contribution in [0.15, 0.2) is 18.2 Å². The second kappa shape index (κ2) is 6.35. The highest BCUT2D eigenvalue weighted by Gasteiger charge is 2.21. The first-order chi connectivity index (χ1) is 9.93. The molecule has 21 heavy (non-hydrogen) atoms. The van der Waals surface area contributed by atoms with Gasteiger partial charge in [-0.2, -0.15) is 5.10 Å². The van der Waals surface area contributed by atoms with Crippen LogP contribution in [0.4, 0.5) is 8.78 Å². The number of nitrogens with one attached hydrogen (secondary N) is 1. The van der Waals surface area contributed by atoms with E-state index < -0.39 is 11.6 Å². The van der Waals surface area contributed by atoms with E-state index in [-0.39, 0.29) is 6.04 Å². The van der Waals surface area contributed by atoms with Gasteiger partial charge in [-0.1, -0.05) is 13.0 Å². The van der Waals surface area contributed by atoms with Gasteiger partial charge in [0.1, 0.15) is 11.6 Å². The molecule has 1 N–H and O–H groups in total. The molecule has 0 radical (unpaired) electrons. The van der Waals surface area contributed by atoms with Crippen LogP contribution in [0.3, 0.4) is 0 Å². The molecular formula is C16H21F2N3. The van der Waals surface area contributed by atoms with Gasteiger partial charge < -0.3 is 5.32 Å². The Hall–Kier alpha value is -1.75. The standard InChI is InChI=1S/C16H21F2N3/c1-5-19-15(16-10(2)20-21(4)11(16)3)8-12-6-7-13(17)9-14(12)18/h6-7,9,15,19H,5,8H2,1-4H3. The van der Waals surface area contributed by atoms with Crippen molar-refractivity contribution in [3.63, 3.8) is 0 Å². The number of aryl methyl sites for hydroxylation is 2. The quantitative estimate of drug-likeness (QED) is 0.917. The Kier molecular flexibility index (Phi) is 4.73. The van der Waals surface area contributed by atoms with Crippen molar-refractivity contribution in [3.05, 3.63) is 52.3 Å². The SMILES string of the molecule is CCNC(Cc1ccc(F)cc1F)c1c(C)nn(C)c1C. The summed E-state index contributed by atoms with van der Waals surface area (Å²) in [6.45, 7) is 6.73. The molecule has 1 aromatic carbocycles. The summed E-state index contributed by atoms with van der Waals surface area (Å²) in [4.78, 5) is 0. The lowest BCUT2D eigenvalue weighted by Gasteiger charge is -2.19. The molecule has 0 aliphatic rings. The van der Waals surface area contributed by atoms with Gasteiger partial charge in [0.25, 0.3) is 0 Å². The Morgan fingerprint density at radius 1 is 1.29 bits per heavy atom. The molecule has 0 amide bonds. The molecule has 1 atom stereocenters. The van der Waals surface area contributed by atoms with Crippen LogP contribution in [0.25, 0.3) is 0 Å². The van der Waals surface area contributed by atoms with Gasteiger partial charge in [0.15, 0.2) is 0 Å². The predicted octanol–water partition coefficient (Wildman–Crippen LogP) is 3.21. The zero-order valence-corrected chi connectivity index (χ0v) is 12.9. The maximum Gasteiger partial charge on any atom is 0.129 e. The number of hydrogen-bond acceptors (Lipinski definition) is 2. The molecule has 0 aliphatic heterocycles. The maximum atomic E-state index is 13.9. The summed E-state index contributed by atoms with van der Waals surface area (Å²) < 4.78 is 28.7. The summed E-state index contributed by atoms with van der Waals surface area (Å²) in [5.74, 6) is -1.05. The first-order valence-electron chi connectivity index (χ1n) is 7.11. The van der Waals surface area contributed by atoms with E-state index in [1.165, 1.54) is 12.1 Å². The fourth-order valence-corrected chi connectivity index (χ4v) is 2.72. The summed E-state index contributed by atoms with van der Waals surface area (Å²) in [7, 11) is 1.90. The van der Waals surface area contributed by atoms with E-state index in [0.717, 1.165) is 29.6 Å². The highest BCUT2D eigenvalue weighted by atomic mass is 19.1. The van der Waals surface area contributed by atoms with Crippen LogP contribution in [0.1, 0.15) is 35.5 Å². The number of rotatable bonds is 5. The van der Waals surface area contributed by atoms with Gasteiger partial charge in [0.2, 0.25) is 0 Å². The molecule has 1 heterocycles. The highest BCUT2D eigenvalue weighted by molar-refractivity contribution is 5.31. The third-order valence-electron chi connectivity index (χ3n) is 3.80. The van der Waals surface area contributed by atoms with Gasteiger partial charge in [-0.25, -0.2) is 8.78 Å². The minimum Gasteiger partial charge on any atom is -0.310 e. The molecule has 2 rings (SSSR count). The highest BCUT2D eigenvalue weighted by Crippen LogP contribution is 2.25. The van der Waals surface area contributed by atoms with Gasteiger partial charge in [0.05, 0.1) is 5.69 Å². The van der Waals surface area contributed by atoms with Crippen molar-refractivity contribution in [1.82, 2.24) is 15.1 Å². The van der Waals surface area contributed by atoms with Gasteiger partial charge in [0, 0.05) is 30.4 Å². The lowest BCUT2D eigenvalue weighted by Crippen LogP contribution is -2.24. The summed E-state index contributed by atoms with van der Waals surface area (Å²) in [6, 6.07) is 3.70. The van der Waals surface area contributed by atoms with E-state index in [0.29, 0.717) is 12.0 Å². The Morgan fingerprint density at radius 3 is 2.52 bits per heavy atom. The average Bonchev–Trinajstić information content (AvgIpc) is 2.66. The van der Waals surface area contributed by atoms with Crippen LogP contribution in [0.2, 0.25) is 0 Å². The van der Waals surface area contributed by atoms with Crippen molar-refractivity contribution in [1.29, 1.82) is 0 Å².